The van der Waals surface area contributed by atoms with E-state index in [-0.39, 0.29) is 30.7 Å². The highest BCUT2D eigenvalue weighted by atomic mass is 79.9. The van der Waals surface area contributed by atoms with Gasteiger partial charge in [0, 0.05) is 30.2 Å². The Morgan fingerprint density at radius 2 is 1.89 bits per heavy atom. The number of benzene rings is 1. The van der Waals surface area contributed by atoms with Gasteiger partial charge in [-0.2, -0.15) is 0 Å². The van der Waals surface area contributed by atoms with Crippen molar-refractivity contribution >= 4 is 39.5 Å². The van der Waals surface area contributed by atoms with E-state index in [1.807, 2.05) is 26.0 Å². The Balaban J connectivity index is 1.61. The van der Waals surface area contributed by atoms with Crippen molar-refractivity contribution in [2.24, 2.45) is 0 Å². The minimum absolute atomic E-state index is 0.0835. The second-order valence-electron chi connectivity index (χ2n) is 6.39. The molecule has 0 bridgehead atoms. The zero-order valence-corrected chi connectivity index (χ0v) is 16.8. The second kappa shape index (κ2) is 8.00. The second-order valence-corrected chi connectivity index (χ2v) is 7.30. The number of amides is 3. The summed E-state index contributed by atoms with van der Waals surface area (Å²) >= 11 is 3.33. The molecule has 0 unspecified atom stereocenters. The molecule has 0 spiro atoms. The van der Waals surface area contributed by atoms with Crippen molar-refractivity contribution < 1.29 is 14.4 Å². The minimum Gasteiger partial charge on any atom is -0.297 e. The fourth-order valence-corrected chi connectivity index (χ4v) is 3.36. The van der Waals surface area contributed by atoms with E-state index in [0.29, 0.717) is 29.9 Å². The van der Waals surface area contributed by atoms with Gasteiger partial charge in [-0.05, 0) is 60.5 Å². The van der Waals surface area contributed by atoms with Gasteiger partial charge in [0.25, 0.3) is 11.8 Å². The van der Waals surface area contributed by atoms with Crippen LogP contribution in [-0.4, -0.2) is 40.7 Å². The van der Waals surface area contributed by atoms with E-state index < -0.39 is 0 Å². The molecule has 1 aromatic carbocycles. The molecule has 2 aromatic rings. The summed E-state index contributed by atoms with van der Waals surface area (Å²) in [5.41, 5.74) is 1.82. The molecular weight excluding hydrogens is 410 g/mol. The van der Waals surface area contributed by atoms with Crippen LogP contribution in [0.2, 0.25) is 0 Å². The Morgan fingerprint density at radius 1 is 1.15 bits per heavy atom. The van der Waals surface area contributed by atoms with Crippen LogP contribution >= 0.6 is 15.9 Å². The first-order valence-electron chi connectivity index (χ1n) is 8.81. The van der Waals surface area contributed by atoms with E-state index in [4.69, 9.17) is 0 Å². The molecule has 3 rings (SSSR count). The third-order valence-corrected chi connectivity index (χ3v) is 4.97. The lowest BCUT2D eigenvalue weighted by Crippen LogP contribution is -2.34. The quantitative estimate of drug-likeness (QED) is 0.657. The number of carbonyl (C=O) groups is 3. The first kappa shape index (κ1) is 19.2. The summed E-state index contributed by atoms with van der Waals surface area (Å²) in [5.74, 6) is -0.0703. The van der Waals surface area contributed by atoms with Crippen LogP contribution < -0.4 is 4.90 Å². The van der Waals surface area contributed by atoms with Crippen LogP contribution in [0.25, 0.3) is 0 Å². The fourth-order valence-electron chi connectivity index (χ4n) is 3.12. The molecule has 1 aliphatic rings. The number of fused-ring (bicyclic) bond motifs is 1. The van der Waals surface area contributed by atoms with Crippen molar-refractivity contribution in [3.8, 4) is 0 Å². The largest absolute Gasteiger partial charge is 0.297 e. The zero-order valence-electron chi connectivity index (χ0n) is 15.2. The van der Waals surface area contributed by atoms with Gasteiger partial charge in [-0.25, -0.2) is 4.98 Å². The predicted molar refractivity (Wildman–Crippen MR) is 106 cm³/mol. The average molecular weight is 430 g/mol. The zero-order chi connectivity index (χ0) is 19.6. The molecule has 2 heterocycles. The molecule has 0 fully saturated rings. The maximum Gasteiger partial charge on any atom is 0.261 e. The smallest absolute Gasteiger partial charge is 0.261 e. The summed E-state index contributed by atoms with van der Waals surface area (Å²) in [4.78, 5) is 44.5. The first-order chi connectivity index (χ1) is 12.9. The lowest BCUT2D eigenvalue weighted by molar-refractivity contribution is -0.118. The molecule has 27 heavy (non-hydrogen) atoms. The molecule has 0 saturated carbocycles. The highest BCUT2D eigenvalue weighted by Gasteiger charge is 2.35. The van der Waals surface area contributed by atoms with E-state index >= 15 is 0 Å². The number of nitrogens with zero attached hydrogens (tertiary/aromatic N) is 3. The molecule has 7 heteroatoms. The molecule has 0 saturated heterocycles. The van der Waals surface area contributed by atoms with Gasteiger partial charge in [-0.3, -0.25) is 24.2 Å². The number of carbonyl (C=O) groups excluding carboxylic acids is 3. The van der Waals surface area contributed by atoms with Gasteiger partial charge in [0.15, 0.2) is 0 Å². The van der Waals surface area contributed by atoms with Gasteiger partial charge < -0.3 is 0 Å². The fraction of sp³-hybridized carbons (Fsp3) is 0.300. The molecule has 1 aromatic heterocycles. The van der Waals surface area contributed by atoms with Crippen molar-refractivity contribution in [2.45, 2.75) is 26.7 Å². The number of aryl methyl sites for hydroxylation is 1. The molecule has 140 valence electrons. The van der Waals surface area contributed by atoms with Crippen molar-refractivity contribution in [3.05, 3.63) is 57.7 Å². The Morgan fingerprint density at radius 3 is 2.56 bits per heavy atom. The summed E-state index contributed by atoms with van der Waals surface area (Å²) in [6.07, 6.45) is 2.29. The Labute approximate surface area is 166 Å². The number of imide groups is 1. The Kier molecular flexibility index (Phi) is 5.70. The van der Waals surface area contributed by atoms with Gasteiger partial charge in [-0.15, -0.1) is 0 Å². The van der Waals surface area contributed by atoms with E-state index in [2.05, 4.69) is 20.9 Å². The van der Waals surface area contributed by atoms with Gasteiger partial charge >= 0.3 is 0 Å². The predicted octanol–water partition coefficient (Wildman–Crippen LogP) is 3.58. The van der Waals surface area contributed by atoms with Crippen molar-refractivity contribution in [1.82, 2.24) is 9.88 Å². The normalized spacial score (nSPS) is 13.1. The number of rotatable bonds is 6. The van der Waals surface area contributed by atoms with Crippen LogP contribution in [-0.2, 0) is 4.79 Å². The maximum absolute atomic E-state index is 12.5. The monoisotopic (exact) mass is 429 g/mol. The summed E-state index contributed by atoms with van der Waals surface area (Å²) in [7, 11) is 0. The summed E-state index contributed by atoms with van der Waals surface area (Å²) in [6.45, 7) is 4.49. The highest BCUT2D eigenvalue weighted by Crippen LogP contribution is 2.24. The van der Waals surface area contributed by atoms with Crippen LogP contribution in [0.3, 0.4) is 0 Å². The third-order valence-electron chi connectivity index (χ3n) is 4.50. The Bertz CT molecular complexity index is 896. The van der Waals surface area contributed by atoms with Crippen molar-refractivity contribution in [2.75, 3.05) is 18.0 Å². The van der Waals surface area contributed by atoms with Crippen LogP contribution in [0.15, 0.2) is 41.0 Å². The number of anilines is 1. The van der Waals surface area contributed by atoms with Crippen LogP contribution in [0.5, 0.6) is 0 Å². The molecule has 0 N–H and O–H groups in total. The molecule has 0 aliphatic carbocycles. The standard InChI is InChI=1S/C20H20BrN3O3/c1-3-23(17-9-7-14(21)12-22-17)18(25)5-4-10-24-19(26)15-8-6-13(2)11-16(15)20(24)27/h6-9,11-12H,3-5,10H2,1-2H3. The van der Waals surface area contributed by atoms with Crippen LogP contribution in [0.4, 0.5) is 5.82 Å². The topological polar surface area (TPSA) is 70.6 Å². The van der Waals surface area contributed by atoms with Crippen molar-refractivity contribution in [3.63, 3.8) is 0 Å². The summed E-state index contributed by atoms with van der Waals surface area (Å²) in [6, 6.07) is 8.85. The van der Waals surface area contributed by atoms with E-state index in [1.165, 1.54) is 4.90 Å². The van der Waals surface area contributed by atoms with E-state index in [1.54, 1.807) is 29.3 Å². The maximum atomic E-state index is 12.5. The third kappa shape index (κ3) is 3.93. The molecule has 1 aliphatic heterocycles. The number of hydrogen-bond acceptors (Lipinski definition) is 4. The molecule has 6 nitrogen and oxygen atoms in total. The number of halogens is 1. The van der Waals surface area contributed by atoms with Gasteiger partial charge in [-0.1, -0.05) is 11.6 Å². The van der Waals surface area contributed by atoms with Crippen LogP contribution in [0, 0.1) is 6.92 Å². The first-order valence-corrected chi connectivity index (χ1v) is 9.60. The highest BCUT2D eigenvalue weighted by molar-refractivity contribution is 9.10. The summed E-state index contributed by atoms with van der Waals surface area (Å²) in [5, 5.41) is 0. The van der Waals surface area contributed by atoms with Gasteiger partial charge in [0.2, 0.25) is 5.91 Å². The lowest BCUT2D eigenvalue weighted by atomic mass is 10.1. The number of hydrogen-bond donors (Lipinski definition) is 0. The molecular formula is C20H20BrN3O3. The summed E-state index contributed by atoms with van der Waals surface area (Å²) < 4.78 is 0.843. The van der Waals surface area contributed by atoms with E-state index in [0.717, 1.165) is 10.0 Å². The van der Waals surface area contributed by atoms with Crippen molar-refractivity contribution in [1.29, 1.82) is 0 Å². The van der Waals surface area contributed by atoms with E-state index in [9.17, 15) is 14.4 Å². The average Bonchev–Trinajstić information content (AvgIpc) is 2.88. The Hall–Kier alpha value is -2.54. The lowest BCUT2D eigenvalue weighted by Gasteiger charge is -2.20. The SMILES string of the molecule is CCN(C(=O)CCCN1C(=O)c2ccc(C)cc2C1=O)c1ccc(Br)cn1. The molecule has 3 amide bonds. The minimum atomic E-state index is -0.288. The number of pyridine rings is 1. The number of aromatic nitrogens is 1. The van der Waals surface area contributed by atoms with Gasteiger partial charge in [0.1, 0.15) is 5.82 Å². The molecule has 0 radical (unpaired) electrons. The van der Waals surface area contributed by atoms with Gasteiger partial charge in [0.05, 0.1) is 11.1 Å². The van der Waals surface area contributed by atoms with Crippen LogP contribution in [0.1, 0.15) is 46.0 Å². The molecule has 0 atom stereocenters.